The van der Waals surface area contributed by atoms with Gasteiger partial charge in [0.2, 0.25) is 5.91 Å². The van der Waals surface area contributed by atoms with Crippen LogP contribution in [-0.2, 0) is 37.7 Å². The van der Waals surface area contributed by atoms with E-state index in [4.69, 9.17) is 18.7 Å². The molecule has 34 heavy (non-hydrogen) atoms. The Hall–Kier alpha value is -2.39. The highest BCUT2D eigenvalue weighted by atomic mass is 31.1. The normalized spacial score (nSPS) is 14.7. The van der Waals surface area contributed by atoms with Gasteiger partial charge in [0, 0.05) is 13.5 Å². The molecule has 0 fully saturated rings. The van der Waals surface area contributed by atoms with Crippen LogP contribution in [0.25, 0.3) is 0 Å². The third-order valence-electron chi connectivity index (χ3n) is 4.72. The zero-order valence-corrected chi connectivity index (χ0v) is 21.7. The first kappa shape index (κ1) is 29.6. The van der Waals surface area contributed by atoms with E-state index in [0.29, 0.717) is 10.6 Å². The molecule has 1 aromatic rings. The van der Waals surface area contributed by atoms with E-state index in [-0.39, 0.29) is 13.0 Å². The Kier molecular flexibility index (Phi) is 10.8. The number of ether oxygens (including phenoxy) is 3. The van der Waals surface area contributed by atoms with Crippen molar-refractivity contribution >= 4 is 26.5 Å². The monoisotopic (exact) mass is 500 g/mol. The van der Waals surface area contributed by atoms with E-state index >= 15 is 0 Å². The maximum Gasteiger partial charge on any atom is 0.500 e. The lowest BCUT2D eigenvalue weighted by Gasteiger charge is -2.36. The molecule has 3 unspecified atom stereocenters. The van der Waals surface area contributed by atoms with Gasteiger partial charge < -0.3 is 9.47 Å². The number of carbonyl (C=O) groups excluding carboxylic acids is 3. The number of amides is 1. The zero-order chi connectivity index (χ0) is 26.2. The Bertz CT molecular complexity index is 848. The lowest BCUT2D eigenvalue weighted by atomic mass is 9.92. The van der Waals surface area contributed by atoms with Gasteiger partial charge in [-0.25, -0.2) is 5.06 Å². The van der Waals surface area contributed by atoms with E-state index in [1.165, 1.54) is 6.92 Å². The lowest BCUT2D eigenvalue weighted by molar-refractivity contribution is -0.357. The van der Waals surface area contributed by atoms with Crippen molar-refractivity contribution in [2.45, 2.75) is 66.8 Å². The molecule has 0 saturated carbocycles. The summed E-state index contributed by atoms with van der Waals surface area (Å²) >= 11 is 0. The second kappa shape index (κ2) is 12.4. The van der Waals surface area contributed by atoms with Crippen LogP contribution >= 0.6 is 8.69 Å². The molecule has 0 aliphatic heterocycles. The SMILES string of the molecule is CC(=O)N(O)CCC(c1ccccc1)C(OCOC(=O)C(C)(C)C)(O[PH+]=O)OC(=O)C(C)(C)C. The van der Waals surface area contributed by atoms with Gasteiger partial charge in [-0.2, -0.15) is 0 Å². The van der Waals surface area contributed by atoms with Crippen LogP contribution in [0.2, 0.25) is 0 Å². The predicted molar refractivity (Wildman–Crippen MR) is 123 cm³/mol. The van der Waals surface area contributed by atoms with Crippen molar-refractivity contribution in [2.75, 3.05) is 13.3 Å². The summed E-state index contributed by atoms with van der Waals surface area (Å²) < 4.78 is 33.7. The smallest absolute Gasteiger partial charge is 0.438 e. The average molecular weight is 501 g/mol. The van der Waals surface area contributed by atoms with Crippen molar-refractivity contribution in [3.8, 4) is 0 Å². The third kappa shape index (κ3) is 8.76. The molecular weight excluding hydrogens is 465 g/mol. The molecule has 0 aromatic heterocycles. The van der Waals surface area contributed by atoms with E-state index in [9.17, 15) is 24.2 Å². The molecule has 1 rings (SSSR count). The molecule has 1 aromatic carbocycles. The van der Waals surface area contributed by atoms with Gasteiger partial charge in [0.05, 0.1) is 16.7 Å². The van der Waals surface area contributed by atoms with Crippen molar-refractivity contribution in [1.82, 2.24) is 5.06 Å². The lowest BCUT2D eigenvalue weighted by Crippen LogP contribution is -2.48. The van der Waals surface area contributed by atoms with E-state index in [1.54, 1.807) is 71.9 Å². The molecule has 0 aliphatic rings. The van der Waals surface area contributed by atoms with Crippen LogP contribution in [0.3, 0.4) is 0 Å². The maximum absolute atomic E-state index is 12.9. The van der Waals surface area contributed by atoms with Crippen molar-refractivity contribution in [1.29, 1.82) is 0 Å². The fourth-order valence-electron chi connectivity index (χ4n) is 2.69. The number of hydroxylamine groups is 2. The second-order valence-corrected chi connectivity index (χ2v) is 10.1. The summed E-state index contributed by atoms with van der Waals surface area (Å²) in [7, 11) is -1.42. The van der Waals surface area contributed by atoms with E-state index in [2.05, 4.69) is 0 Å². The molecule has 10 nitrogen and oxygen atoms in total. The first-order valence-electron chi connectivity index (χ1n) is 10.8. The number of benzene rings is 1. The highest BCUT2D eigenvalue weighted by Crippen LogP contribution is 2.41. The largest absolute Gasteiger partial charge is 0.500 e. The highest BCUT2D eigenvalue weighted by molar-refractivity contribution is 7.17. The van der Waals surface area contributed by atoms with Crippen LogP contribution in [0, 0.1) is 10.8 Å². The molecule has 3 atom stereocenters. The molecule has 0 heterocycles. The van der Waals surface area contributed by atoms with E-state index < -0.39 is 56.0 Å². The van der Waals surface area contributed by atoms with Crippen LogP contribution in [0.4, 0.5) is 0 Å². The van der Waals surface area contributed by atoms with E-state index in [1.807, 2.05) is 0 Å². The Morgan fingerprint density at radius 2 is 1.56 bits per heavy atom. The number of carbonyl (C=O) groups is 3. The molecule has 0 saturated heterocycles. The summed E-state index contributed by atoms with van der Waals surface area (Å²) in [5.41, 5.74) is -1.27. The minimum atomic E-state index is -2.29. The van der Waals surface area contributed by atoms with Gasteiger partial charge in [-0.05, 0) is 58.1 Å². The summed E-state index contributed by atoms with van der Waals surface area (Å²) in [5.74, 6) is -5.18. The van der Waals surface area contributed by atoms with Gasteiger partial charge in [-0.3, -0.25) is 24.3 Å². The van der Waals surface area contributed by atoms with Crippen molar-refractivity contribution in [3.05, 3.63) is 35.9 Å². The molecule has 1 N–H and O–H groups in total. The summed E-state index contributed by atoms with van der Waals surface area (Å²) in [6.07, 6.45) is -0.0186. The minimum Gasteiger partial charge on any atom is -0.438 e. The van der Waals surface area contributed by atoms with Crippen LogP contribution < -0.4 is 0 Å². The zero-order valence-electron chi connectivity index (χ0n) is 20.7. The molecule has 0 aliphatic carbocycles. The Labute approximate surface area is 201 Å². The highest BCUT2D eigenvalue weighted by Gasteiger charge is 2.52. The maximum atomic E-state index is 12.9. The van der Waals surface area contributed by atoms with Crippen LogP contribution in [-0.4, -0.2) is 47.4 Å². The van der Waals surface area contributed by atoms with Gasteiger partial charge in [0.1, 0.15) is 0 Å². The van der Waals surface area contributed by atoms with Gasteiger partial charge in [0.25, 0.3) is 0 Å². The Morgan fingerprint density at radius 1 is 1.00 bits per heavy atom. The molecule has 190 valence electrons. The van der Waals surface area contributed by atoms with Crippen LogP contribution in [0.15, 0.2) is 30.3 Å². The standard InChI is InChI=1S/C23H35NO9P/c1-16(25)24(28)14-13-18(17-11-9-8-10-12-17)23(33-34-29,32-20(27)22(5,6)7)31-15-30-19(26)21(2,3)4/h8-12,18,28,34H,13-15H2,1-7H3/q+1. The fourth-order valence-corrected chi connectivity index (χ4v) is 3.05. The minimum absolute atomic E-state index is 0.0186. The first-order valence-corrected chi connectivity index (χ1v) is 11.6. The Morgan fingerprint density at radius 3 is 2.03 bits per heavy atom. The number of rotatable bonds is 11. The van der Waals surface area contributed by atoms with Crippen LogP contribution in [0.5, 0.6) is 0 Å². The van der Waals surface area contributed by atoms with Gasteiger partial charge in [0.15, 0.2) is 6.79 Å². The second-order valence-electron chi connectivity index (χ2n) is 9.77. The van der Waals surface area contributed by atoms with Crippen molar-refractivity contribution in [2.24, 2.45) is 10.8 Å². The van der Waals surface area contributed by atoms with Crippen molar-refractivity contribution in [3.63, 3.8) is 0 Å². The van der Waals surface area contributed by atoms with Crippen LogP contribution in [0.1, 0.15) is 66.4 Å². The molecule has 1 amide bonds. The van der Waals surface area contributed by atoms with Gasteiger partial charge >= 0.3 is 26.6 Å². The summed E-state index contributed by atoms with van der Waals surface area (Å²) in [6.45, 7) is 10.1. The Balaban J connectivity index is 3.48. The average Bonchev–Trinajstić information content (AvgIpc) is 2.73. The number of nitrogens with zero attached hydrogens (tertiary/aromatic N) is 1. The van der Waals surface area contributed by atoms with E-state index in [0.717, 1.165) is 0 Å². The predicted octanol–water partition coefficient (Wildman–Crippen LogP) is 4.16. The first-order chi connectivity index (χ1) is 15.6. The molecule has 11 heteroatoms. The number of hydrogen-bond donors (Lipinski definition) is 1. The molecule has 0 spiro atoms. The number of hydrogen-bond acceptors (Lipinski definition) is 9. The molecular formula is C23H35NO9P+. The summed E-state index contributed by atoms with van der Waals surface area (Å²) in [5, 5.41) is 10.4. The molecule has 0 radical (unpaired) electrons. The molecule has 0 bridgehead atoms. The third-order valence-corrected chi connectivity index (χ3v) is 5.08. The number of esters is 2. The fraction of sp³-hybridized carbons (Fsp3) is 0.609. The topological polar surface area (TPSA) is 129 Å². The van der Waals surface area contributed by atoms with Crippen molar-refractivity contribution < 1.29 is 42.9 Å². The summed E-state index contributed by atoms with van der Waals surface area (Å²) in [4.78, 5) is 36.7. The summed E-state index contributed by atoms with van der Waals surface area (Å²) in [6, 6.07) is 8.60. The van der Waals surface area contributed by atoms with Gasteiger partial charge in [-0.15, -0.1) is 0 Å². The van der Waals surface area contributed by atoms with Gasteiger partial charge in [-0.1, -0.05) is 34.9 Å². The quantitative estimate of drug-likeness (QED) is 0.157.